The summed E-state index contributed by atoms with van der Waals surface area (Å²) in [6.45, 7) is 0.954. The maximum absolute atomic E-state index is 6.05. The van der Waals surface area contributed by atoms with Gasteiger partial charge < -0.3 is 10.1 Å². The van der Waals surface area contributed by atoms with E-state index in [1.807, 2.05) is 18.5 Å². The number of aryl methyl sites for hydroxylation is 1. The molecule has 0 aromatic carbocycles. The summed E-state index contributed by atoms with van der Waals surface area (Å²) in [5, 5.41) is 3.55. The molecule has 0 radical (unpaired) electrons. The summed E-state index contributed by atoms with van der Waals surface area (Å²) in [5.41, 5.74) is 1.60. The van der Waals surface area contributed by atoms with E-state index < -0.39 is 0 Å². The number of hydrogen-bond acceptors (Lipinski definition) is 3. The Labute approximate surface area is 122 Å². The molecule has 2 fully saturated rings. The fraction of sp³-hybridized carbons (Fsp3) is 0.706. The largest absolute Gasteiger partial charge is 0.375 e. The predicted octanol–water partition coefficient (Wildman–Crippen LogP) is 2.95. The van der Waals surface area contributed by atoms with Crippen LogP contribution in [0.25, 0.3) is 0 Å². The van der Waals surface area contributed by atoms with Crippen molar-refractivity contribution in [3.8, 4) is 0 Å². The molecule has 1 N–H and O–H groups in total. The third-order valence-corrected chi connectivity index (χ3v) is 5.20. The summed E-state index contributed by atoms with van der Waals surface area (Å²) >= 11 is 0. The fourth-order valence-electron chi connectivity index (χ4n) is 3.81. The maximum Gasteiger partial charge on any atom is 0.0685 e. The number of ether oxygens (including phenoxy) is 1. The van der Waals surface area contributed by atoms with E-state index in [4.69, 9.17) is 4.74 Å². The van der Waals surface area contributed by atoms with Crippen molar-refractivity contribution in [3.63, 3.8) is 0 Å². The van der Waals surface area contributed by atoms with Crippen molar-refractivity contribution in [2.45, 2.75) is 56.6 Å². The van der Waals surface area contributed by atoms with Crippen LogP contribution in [0.15, 0.2) is 24.5 Å². The van der Waals surface area contributed by atoms with Crippen LogP contribution in [-0.4, -0.2) is 30.3 Å². The molecule has 1 aromatic heterocycles. The molecular formula is C17H26N2O. The van der Waals surface area contributed by atoms with Gasteiger partial charge in [-0.25, -0.2) is 0 Å². The summed E-state index contributed by atoms with van der Waals surface area (Å²) in [4.78, 5) is 4.21. The molecule has 0 amide bonds. The average Bonchev–Trinajstić information content (AvgIpc) is 2.48. The van der Waals surface area contributed by atoms with Gasteiger partial charge in [0.2, 0.25) is 0 Å². The zero-order chi connectivity index (χ0) is 13.8. The van der Waals surface area contributed by atoms with Gasteiger partial charge in [-0.1, -0.05) is 6.07 Å². The van der Waals surface area contributed by atoms with Gasteiger partial charge in [0.25, 0.3) is 0 Å². The minimum atomic E-state index is 0.256. The third kappa shape index (κ3) is 3.04. The molecule has 2 atom stereocenters. The molecule has 1 aliphatic carbocycles. The highest BCUT2D eigenvalue weighted by Crippen LogP contribution is 2.45. The number of aromatic nitrogens is 1. The van der Waals surface area contributed by atoms with Crippen LogP contribution in [0.1, 0.15) is 44.1 Å². The highest BCUT2D eigenvalue weighted by atomic mass is 16.5. The molecule has 20 heavy (non-hydrogen) atoms. The molecule has 2 unspecified atom stereocenters. The quantitative estimate of drug-likeness (QED) is 0.896. The number of nitrogens with zero attached hydrogens (tertiary/aromatic N) is 1. The summed E-state index contributed by atoms with van der Waals surface area (Å²) in [7, 11) is 2.11. The second-order valence-corrected chi connectivity index (χ2v) is 6.43. The summed E-state index contributed by atoms with van der Waals surface area (Å²) < 4.78 is 6.05. The Bertz CT molecular complexity index is 416. The first-order chi connectivity index (χ1) is 9.81. The standard InChI is InChI=1S/C17H26N2O/c1-18-16(6-5-14-4-2-10-19-13-14)15-7-11-20-17(12-15)8-3-9-17/h2,4,10,13,15-16,18H,3,5-9,11-12H2,1H3. The van der Waals surface area contributed by atoms with Gasteiger partial charge in [0.15, 0.2) is 0 Å². The van der Waals surface area contributed by atoms with Gasteiger partial charge in [-0.15, -0.1) is 0 Å². The number of rotatable bonds is 5. The summed E-state index contributed by atoms with van der Waals surface area (Å²) in [6, 6.07) is 4.81. The van der Waals surface area contributed by atoms with Crippen molar-refractivity contribution in [1.82, 2.24) is 10.3 Å². The lowest BCUT2D eigenvalue weighted by Crippen LogP contribution is -2.49. The zero-order valence-electron chi connectivity index (χ0n) is 12.5. The van der Waals surface area contributed by atoms with Crippen LogP contribution in [0.3, 0.4) is 0 Å². The number of hydrogen-bond donors (Lipinski definition) is 1. The Hall–Kier alpha value is -0.930. The number of pyridine rings is 1. The predicted molar refractivity (Wildman–Crippen MR) is 80.7 cm³/mol. The van der Waals surface area contributed by atoms with Crippen LogP contribution in [0.2, 0.25) is 0 Å². The second-order valence-electron chi connectivity index (χ2n) is 6.43. The molecular weight excluding hydrogens is 248 g/mol. The van der Waals surface area contributed by atoms with Crippen LogP contribution < -0.4 is 5.32 Å². The van der Waals surface area contributed by atoms with E-state index in [0.29, 0.717) is 6.04 Å². The van der Waals surface area contributed by atoms with Crippen molar-refractivity contribution >= 4 is 0 Å². The van der Waals surface area contributed by atoms with Crippen molar-refractivity contribution < 1.29 is 4.74 Å². The molecule has 2 heterocycles. The van der Waals surface area contributed by atoms with Gasteiger partial charge in [-0.05, 0) is 69.5 Å². The van der Waals surface area contributed by atoms with E-state index in [9.17, 15) is 0 Å². The minimum absolute atomic E-state index is 0.256. The minimum Gasteiger partial charge on any atom is -0.375 e. The molecule has 0 bridgehead atoms. The van der Waals surface area contributed by atoms with E-state index >= 15 is 0 Å². The van der Waals surface area contributed by atoms with Crippen molar-refractivity contribution in [3.05, 3.63) is 30.1 Å². The lowest BCUT2D eigenvalue weighted by atomic mass is 9.70. The van der Waals surface area contributed by atoms with Crippen molar-refractivity contribution in [2.24, 2.45) is 5.92 Å². The summed E-state index contributed by atoms with van der Waals surface area (Å²) in [6.07, 6.45) is 12.5. The Kier molecular flexibility index (Phi) is 4.37. The highest BCUT2D eigenvalue weighted by molar-refractivity contribution is 5.09. The van der Waals surface area contributed by atoms with Gasteiger partial charge in [-0.3, -0.25) is 4.98 Å². The Balaban J connectivity index is 1.55. The lowest BCUT2D eigenvalue weighted by Gasteiger charge is -2.48. The molecule has 3 rings (SSSR count). The van der Waals surface area contributed by atoms with Gasteiger partial charge >= 0.3 is 0 Å². The smallest absolute Gasteiger partial charge is 0.0685 e. The van der Waals surface area contributed by atoms with E-state index in [1.165, 1.54) is 44.1 Å². The summed E-state index contributed by atoms with van der Waals surface area (Å²) in [5.74, 6) is 0.769. The molecule has 1 aliphatic heterocycles. The van der Waals surface area contributed by atoms with Gasteiger partial charge in [0.1, 0.15) is 0 Å². The molecule has 3 heteroatoms. The molecule has 1 spiro atoms. The van der Waals surface area contributed by atoms with E-state index in [2.05, 4.69) is 23.4 Å². The van der Waals surface area contributed by atoms with Crippen LogP contribution in [0.5, 0.6) is 0 Å². The van der Waals surface area contributed by atoms with E-state index in [0.717, 1.165) is 18.9 Å². The Morgan fingerprint density at radius 2 is 2.40 bits per heavy atom. The first-order valence-electron chi connectivity index (χ1n) is 8.01. The van der Waals surface area contributed by atoms with Crippen molar-refractivity contribution in [1.29, 1.82) is 0 Å². The highest BCUT2D eigenvalue weighted by Gasteiger charge is 2.43. The van der Waals surface area contributed by atoms with Crippen LogP contribution >= 0.6 is 0 Å². The molecule has 110 valence electrons. The third-order valence-electron chi connectivity index (χ3n) is 5.20. The maximum atomic E-state index is 6.05. The van der Waals surface area contributed by atoms with E-state index in [1.54, 1.807) is 0 Å². The van der Waals surface area contributed by atoms with Gasteiger partial charge in [-0.2, -0.15) is 0 Å². The molecule has 2 aliphatic rings. The first kappa shape index (κ1) is 14.0. The normalized spacial score (nSPS) is 26.1. The van der Waals surface area contributed by atoms with Gasteiger partial charge in [0.05, 0.1) is 5.60 Å². The molecule has 1 saturated carbocycles. The molecule has 1 saturated heterocycles. The zero-order valence-corrected chi connectivity index (χ0v) is 12.5. The lowest BCUT2D eigenvalue weighted by molar-refractivity contribution is -0.147. The second kappa shape index (κ2) is 6.23. The van der Waals surface area contributed by atoms with Crippen LogP contribution in [-0.2, 0) is 11.2 Å². The monoisotopic (exact) mass is 274 g/mol. The average molecular weight is 274 g/mol. The first-order valence-corrected chi connectivity index (χ1v) is 8.01. The van der Waals surface area contributed by atoms with Crippen molar-refractivity contribution in [2.75, 3.05) is 13.7 Å². The number of nitrogens with one attached hydrogen (secondary N) is 1. The Morgan fingerprint density at radius 3 is 3.05 bits per heavy atom. The SMILES string of the molecule is CNC(CCc1cccnc1)C1CCOC2(CCC2)C1. The van der Waals surface area contributed by atoms with E-state index in [-0.39, 0.29) is 5.60 Å². The van der Waals surface area contributed by atoms with Crippen LogP contribution in [0, 0.1) is 5.92 Å². The van der Waals surface area contributed by atoms with Gasteiger partial charge in [0, 0.05) is 25.0 Å². The Morgan fingerprint density at radius 1 is 1.50 bits per heavy atom. The molecule has 1 aromatic rings. The topological polar surface area (TPSA) is 34.2 Å². The van der Waals surface area contributed by atoms with Crippen LogP contribution in [0.4, 0.5) is 0 Å². The molecule has 3 nitrogen and oxygen atoms in total. The fourth-order valence-corrected chi connectivity index (χ4v) is 3.81.